The Morgan fingerprint density at radius 3 is 2.73 bits per heavy atom. The van der Waals surface area contributed by atoms with Gasteiger partial charge in [-0.1, -0.05) is 15.9 Å². The van der Waals surface area contributed by atoms with Crippen molar-refractivity contribution in [2.24, 2.45) is 0 Å². The van der Waals surface area contributed by atoms with E-state index in [1.165, 1.54) is 23.5 Å². The fraction of sp³-hybridized carbons (Fsp3) is 0.100. The smallest absolute Gasteiger partial charge is 0.136 e. The largest absolute Gasteiger partial charge is 0.240 e. The summed E-state index contributed by atoms with van der Waals surface area (Å²) in [5.41, 5.74) is 1.19. The van der Waals surface area contributed by atoms with E-state index in [2.05, 4.69) is 20.9 Å². The molecule has 1 aromatic heterocycles. The van der Waals surface area contributed by atoms with Crippen LogP contribution in [0.4, 0.5) is 8.78 Å². The van der Waals surface area contributed by atoms with Crippen molar-refractivity contribution in [3.05, 3.63) is 40.9 Å². The maximum absolute atomic E-state index is 13.4. The zero-order valence-electron chi connectivity index (χ0n) is 7.51. The van der Waals surface area contributed by atoms with Crippen LogP contribution < -0.4 is 0 Å². The molecule has 78 valence electrons. The zero-order chi connectivity index (χ0) is 10.8. The van der Waals surface area contributed by atoms with Crippen LogP contribution in [0.3, 0.4) is 0 Å². The third kappa shape index (κ3) is 2.23. The summed E-state index contributed by atoms with van der Waals surface area (Å²) in [6, 6.07) is 3.50. The molecular weight excluding hydrogens is 284 g/mol. The number of alkyl halides is 1. The Bertz CT molecular complexity index is 484. The lowest BCUT2D eigenvalue weighted by Gasteiger charge is -1.98. The van der Waals surface area contributed by atoms with Gasteiger partial charge in [0.25, 0.3) is 0 Å². The first-order valence-corrected chi connectivity index (χ1v) is 6.16. The van der Waals surface area contributed by atoms with E-state index in [9.17, 15) is 8.78 Å². The van der Waals surface area contributed by atoms with Crippen molar-refractivity contribution in [2.45, 2.75) is 5.33 Å². The average Bonchev–Trinajstić information content (AvgIpc) is 2.66. The number of nitrogens with zero attached hydrogens (tertiary/aromatic N) is 1. The average molecular weight is 290 g/mol. The second-order valence-electron chi connectivity index (χ2n) is 2.90. The van der Waals surface area contributed by atoms with E-state index in [1.807, 2.05) is 5.38 Å². The van der Waals surface area contributed by atoms with Gasteiger partial charge in [0, 0.05) is 22.3 Å². The van der Waals surface area contributed by atoms with Crippen LogP contribution >= 0.6 is 27.3 Å². The Balaban J connectivity index is 2.44. The van der Waals surface area contributed by atoms with E-state index in [1.54, 1.807) is 0 Å². The Morgan fingerprint density at radius 1 is 1.33 bits per heavy atom. The van der Waals surface area contributed by atoms with Gasteiger partial charge in [0.15, 0.2) is 0 Å². The van der Waals surface area contributed by atoms with Gasteiger partial charge in [-0.3, -0.25) is 0 Å². The molecule has 1 aromatic carbocycles. The van der Waals surface area contributed by atoms with Crippen LogP contribution in [0.15, 0.2) is 23.6 Å². The lowest BCUT2D eigenvalue weighted by atomic mass is 10.2. The maximum atomic E-state index is 13.4. The van der Waals surface area contributed by atoms with Gasteiger partial charge in [0.05, 0.1) is 5.69 Å². The molecule has 1 heterocycles. The standard InChI is InChI=1S/C10H6BrF2NS/c11-4-7-5-15-10(14-7)8-2-1-6(12)3-9(8)13/h1-3,5H,4H2. The van der Waals surface area contributed by atoms with E-state index in [0.717, 1.165) is 11.8 Å². The highest BCUT2D eigenvalue weighted by atomic mass is 79.9. The second-order valence-corrected chi connectivity index (χ2v) is 4.32. The molecule has 1 nitrogen and oxygen atoms in total. The van der Waals surface area contributed by atoms with Gasteiger partial charge in [-0.2, -0.15) is 0 Å². The van der Waals surface area contributed by atoms with Crippen LogP contribution in [0.5, 0.6) is 0 Å². The molecule has 0 saturated carbocycles. The quantitative estimate of drug-likeness (QED) is 0.762. The van der Waals surface area contributed by atoms with Gasteiger partial charge in [-0.05, 0) is 12.1 Å². The molecule has 0 bridgehead atoms. The van der Waals surface area contributed by atoms with Gasteiger partial charge in [-0.25, -0.2) is 13.8 Å². The fourth-order valence-electron chi connectivity index (χ4n) is 1.15. The van der Waals surface area contributed by atoms with Crippen LogP contribution in [0.25, 0.3) is 10.6 Å². The minimum Gasteiger partial charge on any atom is -0.240 e. The molecule has 0 N–H and O–H groups in total. The van der Waals surface area contributed by atoms with Gasteiger partial charge in [-0.15, -0.1) is 11.3 Å². The maximum Gasteiger partial charge on any atom is 0.136 e. The molecule has 0 atom stereocenters. The second kappa shape index (κ2) is 4.37. The predicted octanol–water partition coefficient (Wildman–Crippen LogP) is 3.98. The monoisotopic (exact) mass is 289 g/mol. The third-order valence-electron chi connectivity index (χ3n) is 1.85. The summed E-state index contributed by atoms with van der Waals surface area (Å²) in [6.45, 7) is 0. The molecule has 15 heavy (non-hydrogen) atoms. The minimum atomic E-state index is -0.578. The van der Waals surface area contributed by atoms with Gasteiger partial charge in [0.1, 0.15) is 16.6 Å². The Morgan fingerprint density at radius 2 is 2.13 bits per heavy atom. The summed E-state index contributed by atoms with van der Waals surface area (Å²) in [4.78, 5) is 4.20. The van der Waals surface area contributed by atoms with E-state index in [-0.39, 0.29) is 0 Å². The highest BCUT2D eigenvalue weighted by molar-refractivity contribution is 9.08. The number of hydrogen-bond donors (Lipinski definition) is 0. The van der Waals surface area contributed by atoms with Crippen molar-refractivity contribution < 1.29 is 8.78 Å². The highest BCUT2D eigenvalue weighted by Gasteiger charge is 2.09. The van der Waals surface area contributed by atoms with Gasteiger partial charge < -0.3 is 0 Å². The predicted molar refractivity (Wildman–Crippen MR) is 60.1 cm³/mol. The van der Waals surface area contributed by atoms with E-state index >= 15 is 0 Å². The van der Waals surface area contributed by atoms with Crippen LogP contribution in [-0.4, -0.2) is 4.98 Å². The summed E-state index contributed by atoms with van der Waals surface area (Å²) in [5.74, 6) is -1.15. The van der Waals surface area contributed by atoms with Crippen molar-refractivity contribution >= 4 is 27.3 Å². The summed E-state index contributed by atoms with van der Waals surface area (Å²) in [7, 11) is 0. The van der Waals surface area contributed by atoms with Crippen molar-refractivity contribution in [2.75, 3.05) is 0 Å². The molecule has 0 unspecified atom stereocenters. The van der Waals surface area contributed by atoms with E-state index in [0.29, 0.717) is 15.9 Å². The lowest BCUT2D eigenvalue weighted by Crippen LogP contribution is -1.86. The van der Waals surface area contributed by atoms with Crippen molar-refractivity contribution in [3.8, 4) is 10.6 Å². The molecule has 0 aliphatic heterocycles. The lowest BCUT2D eigenvalue weighted by molar-refractivity contribution is 0.585. The number of aromatic nitrogens is 1. The zero-order valence-corrected chi connectivity index (χ0v) is 9.91. The van der Waals surface area contributed by atoms with Crippen LogP contribution in [0.1, 0.15) is 5.69 Å². The molecule has 0 spiro atoms. The topological polar surface area (TPSA) is 12.9 Å². The SMILES string of the molecule is Fc1ccc(-c2nc(CBr)cs2)c(F)c1. The van der Waals surface area contributed by atoms with Crippen molar-refractivity contribution in [3.63, 3.8) is 0 Å². The fourth-order valence-corrected chi connectivity index (χ4v) is 2.50. The summed E-state index contributed by atoms with van der Waals surface area (Å²) >= 11 is 4.61. The number of hydrogen-bond acceptors (Lipinski definition) is 2. The molecule has 0 radical (unpaired) electrons. The van der Waals surface area contributed by atoms with Crippen LogP contribution in [0, 0.1) is 11.6 Å². The molecule has 0 amide bonds. The number of benzene rings is 1. The molecule has 0 saturated heterocycles. The minimum absolute atomic E-state index is 0.341. The number of rotatable bonds is 2. The molecule has 5 heteroatoms. The number of thiazole rings is 1. The Kier molecular flexibility index (Phi) is 3.11. The van der Waals surface area contributed by atoms with Crippen LogP contribution in [-0.2, 0) is 5.33 Å². The van der Waals surface area contributed by atoms with Crippen molar-refractivity contribution in [1.29, 1.82) is 0 Å². The summed E-state index contributed by atoms with van der Waals surface area (Å²) < 4.78 is 26.0. The summed E-state index contributed by atoms with van der Waals surface area (Å²) in [6.07, 6.45) is 0. The molecule has 2 rings (SSSR count). The van der Waals surface area contributed by atoms with Crippen molar-refractivity contribution in [1.82, 2.24) is 4.98 Å². The molecule has 0 aliphatic rings. The van der Waals surface area contributed by atoms with E-state index < -0.39 is 11.6 Å². The first-order valence-electron chi connectivity index (χ1n) is 4.16. The van der Waals surface area contributed by atoms with Crippen LogP contribution in [0.2, 0.25) is 0 Å². The Hall–Kier alpha value is -0.810. The highest BCUT2D eigenvalue weighted by Crippen LogP contribution is 2.27. The van der Waals surface area contributed by atoms with Gasteiger partial charge >= 0.3 is 0 Å². The molecular formula is C10H6BrF2NS. The molecule has 0 fully saturated rings. The molecule has 2 aromatic rings. The Labute approximate surface area is 97.9 Å². The first kappa shape index (κ1) is 10.7. The summed E-state index contributed by atoms with van der Waals surface area (Å²) in [5, 5.41) is 3.04. The van der Waals surface area contributed by atoms with Gasteiger partial charge in [0.2, 0.25) is 0 Å². The third-order valence-corrected chi connectivity index (χ3v) is 3.35. The molecule has 0 aliphatic carbocycles. The van der Waals surface area contributed by atoms with E-state index in [4.69, 9.17) is 0 Å². The normalized spacial score (nSPS) is 10.6. The first-order chi connectivity index (χ1) is 7.20. The number of halogens is 3.